The van der Waals surface area contributed by atoms with Crippen molar-refractivity contribution in [3.8, 4) is 5.75 Å². The average molecular weight is 447 g/mol. The van der Waals surface area contributed by atoms with Crippen LogP contribution in [0, 0.1) is 10.1 Å². The van der Waals surface area contributed by atoms with Gasteiger partial charge in [-0.3, -0.25) is 14.9 Å². The van der Waals surface area contributed by atoms with Gasteiger partial charge in [-0.1, -0.05) is 0 Å². The van der Waals surface area contributed by atoms with Crippen molar-refractivity contribution >= 4 is 32.6 Å². The average Bonchev–Trinajstić information content (AvgIpc) is 3.07. The summed E-state index contributed by atoms with van der Waals surface area (Å²) >= 11 is 0. The lowest BCUT2D eigenvalue weighted by atomic mass is 10.1. The molecule has 3 aromatic rings. The third-order valence-corrected chi connectivity index (χ3v) is 6.65. The van der Waals surface area contributed by atoms with Gasteiger partial charge in [0, 0.05) is 42.8 Å². The van der Waals surface area contributed by atoms with Gasteiger partial charge in [-0.2, -0.15) is 4.31 Å². The second-order valence-corrected chi connectivity index (χ2v) is 8.69. The molecule has 0 amide bonds. The molecule has 1 aromatic heterocycles. The van der Waals surface area contributed by atoms with Crippen LogP contribution in [0.4, 0.5) is 5.69 Å². The van der Waals surface area contributed by atoms with Crippen molar-refractivity contribution in [1.29, 1.82) is 0 Å². The molecule has 10 nitrogen and oxygen atoms in total. The van der Waals surface area contributed by atoms with E-state index in [0.717, 1.165) is 4.31 Å². The van der Waals surface area contributed by atoms with E-state index in [0.29, 0.717) is 22.2 Å². The summed E-state index contributed by atoms with van der Waals surface area (Å²) in [4.78, 5) is 22.6. The third kappa shape index (κ3) is 4.52. The van der Waals surface area contributed by atoms with Crippen molar-refractivity contribution < 1.29 is 27.6 Å². The van der Waals surface area contributed by atoms with Crippen molar-refractivity contribution in [2.45, 2.75) is 11.4 Å². The topological polar surface area (TPSA) is 121 Å². The molecule has 0 bridgehead atoms. The van der Waals surface area contributed by atoms with Gasteiger partial charge in [-0.05, 0) is 35.9 Å². The molecule has 0 saturated heterocycles. The highest BCUT2D eigenvalue weighted by atomic mass is 32.2. The Morgan fingerprint density at radius 2 is 1.84 bits per heavy atom. The van der Waals surface area contributed by atoms with Gasteiger partial charge in [0.15, 0.2) is 0 Å². The second-order valence-electron chi connectivity index (χ2n) is 6.75. The summed E-state index contributed by atoms with van der Waals surface area (Å²) in [7, 11) is 0.302. The highest BCUT2D eigenvalue weighted by molar-refractivity contribution is 7.89. The van der Waals surface area contributed by atoms with Gasteiger partial charge in [-0.25, -0.2) is 8.42 Å². The maximum Gasteiger partial charge on any atom is 0.321 e. The molecule has 0 unspecified atom stereocenters. The van der Waals surface area contributed by atoms with Crippen LogP contribution >= 0.6 is 0 Å². The van der Waals surface area contributed by atoms with Gasteiger partial charge in [0.05, 0.1) is 24.0 Å². The Balaban J connectivity index is 2.06. The molecular formula is C20H21N3O7S. The highest BCUT2D eigenvalue weighted by Gasteiger charge is 2.28. The van der Waals surface area contributed by atoms with Crippen LogP contribution in [0.2, 0.25) is 0 Å². The standard InChI is InChI=1S/C20H21N3O7S/c1-21-11-14(18-10-15(23(25)26)4-9-19(18)21)12-22(13-20(24)30-3)31(27,28)17-7-5-16(29-2)6-8-17/h4-11H,12-13H2,1-3H3. The largest absolute Gasteiger partial charge is 0.497 e. The van der Waals surface area contributed by atoms with Crippen LogP contribution in [0.5, 0.6) is 5.75 Å². The molecule has 2 aromatic carbocycles. The molecule has 0 saturated carbocycles. The number of nitro groups is 1. The number of rotatable bonds is 8. The van der Waals surface area contributed by atoms with Crippen molar-refractivity contribution in [2.75, 3.05) is 20.8 Å². The normalized spacial score (nSPS) is 11.6. The molecule has 3 rings (SSSR count). The number of sulfonamides is 1. The van der Waals surface area contributed by atoms with Crippen LogP contribution in [-0.2, 0) is 33.1 Å². The van der Waals surface area contributed by atoms with E-state index in [4.69, 9.17) is 4.74 Å². The van der Waals surface area contributed by atoms with E-state index >= 15 is 0 Å². The van der Waals surface area contributed by atoms with Crippen molar-refractivity contribution in [3.63, 3.8) is 0 Å². The first-order chi connectivity index (χ1) is 14.7. The van der Waals surface area contributed by atoms with E-state index in [-0.39, 0.29) is 17.1 Å². The lowest BCUT2D eigenvalue weighted by Gasteiger charge is -2.21. The molecule has 0 radical (unpaired) electrons. The summed E-state index contributed by atoms with van der Waals surface area (Å²) < 4.78 is 39.0. The van der Waals surface area contributed by atoms with Gasteiger partial charge in [0.1, 0.15) is 12.3 Å². The number of methoxy groups -OCH3 is 2. The predicted molar refractivity (Wildman–Crippen MR) is 112 cm³/mol. The third-order valence-electron chi connectivity index (χ3n) is 4.84. The summed E-state index contributed by atoms with van der Waals surface area (Å²) in [6.07, 6.45) is 1.68. The number of non-ortho nitro benzene ring substituents is 1. The molecule has 0 aliphatic rings. The Labute approximate surface area is 178 Å². The number of carbonyl (C=O) groups is 1. The van der Waals surface area contributed by atoms with Crippen LogP contribution < -0.4 is 4.74 Å². The van der Waals surface area contributed by atoms with Gasteiger partial charge in [-0.15, -0.1) is 0 Å². The lowest BCUT2D eigenvalue weighted by molar-refractivity contribution is -0.384. The first-order valence-electron chi connectivity index (χ1n) is 9.10. The molecule has 0 spiro atoms. The fraction of sp³-hybridized carbons (Fsp3) is 0.250. The monoisotopic (exact) mass is 447 g/mol. The Morgan fingerprint density at radius 3 is 2.42 bits per heavy atom. The van der Waals surface area contributed by atoms with Crippen LogP contribution in [-0.4, -0.2) is 48.9 Å². The molecule has 1 heterocycles. The maximum absolute atomic E-state index is 13.3. The number of nitrogens with zero attached hydrogens (tertiary/aromatic N) is 3. The predicted octanol–water partition coefficient (Wildman–Crippen LogP) is 2.46. The number of carbonyl (C=O) groups excluding carboxylic acids is 1. The molecule has 0 N–H and O–H groups in total. The minimum absolute atomic E-state index is 0.0246. The molecule has 11 heteroatoms. The van der Waals surface area contributed by atoms with Crippen LogP contribution in [0.25, 0.3) is 10.9 Å². The van der Waals surface area contributed by atoms with Crippen LogP contribution in [0.1, 0.15) is 5.56 Å². The van der Waals surface area contributed by atoms with Gasteiger partial charge in [0.2, 0.25) is 10.0 Å². The lowest BCUT2D eigenvalue weighted by Crippen LogP contribution is -2.35. The molecular weight excluding hydrogens is 426 g/mol. The quantitative estimate of drug-likeness (QED) is 0.295. The molecule has 0 aliphatic carbocycles. The van der Waals surface area contributed by atoms with E-state index in [9.17, 15) is 23.3 Å². The Morgan fingerprint density at radius 1 is 1.16 bits per heavy atom. The van der Waals surface area contributed by atoms with Gasteiger partial charge >= 0.3 is 5.97 Å². The number of esters is 1. The summed E-state index contributed by atoms with van der Waals surface area (Å²) in [5.74, 6) is -0.247. The van der Waals surface area contributed by atoms with Crippen LogP contribution in [0.3, 0.4) is 0 Å². The Bertz CT molecular complexity index is 1230. The Hall–Kier alpha value is -3.44. The summed E-state index contributed by atoms with van der Waals surface area (Å²) in [5.41, 5.74) is 1.10. The SMILES string of the molecule is COC(=O)CN(Cc1cn(C)c2ccc([N+](=O)[O-])cc12)S(=O)(=O)c1ccc(OC)cc1. The molecule has 164 valence electrons. The number of hydrogen-bond donors (Lipinski definition) is 0. The molecule has 0 atom stereocenters. The number of hydrogen-bond acceptors (Lipinski definition) is 7. The zero-order chi connectivity index (χ0) is 22.8. The van der Waals surface area contributed by atoms with E-state index in [1.807, 2.05) is 0 Å². The summed E-state index contributed by atoms with van der Waals surface area (Å²) in [5, 5.41) is 11.7. The van der Waals surface area contributed by atoms with Crippen LogP contribution in [0.15, 0.2) is 53.6 Å². The van der Waals surface area contributed by atoms with Gasteiger partial charge in [0.25, 0.3) is 5.69 Å². The first-order valence-corrected chi connectivity index (χ1v) is 10.5. The zero-order valence-corrected chi connectivity index (χ0v) is 18.0. The van der Waals surface area contributed by atoms with E-state index < -0.39 is 27.5 Å². The molecule has 0 fully saturated rings. The van der Waals surface area contributed by atoms with Crippen molar-refractivity contribution in [1.82, 2.24) is 8.87 Å². The zero-order valence-electron chi connectivity index (χ0n) is 17.1. The second kappa shape index (κ2) is 8.74. The smallest absolute Gasteiger partial charge is 0.321 e. The minimum atomic E-state index is -4.08. The van der Waals surface area contributed by atoms with Crippen molar-refractivity contribution in [2.24, 2.45) is 7.05 Å². The number of aryl methyl sites for hydroxylation is 1. The first kappa shape index (κ1) is 22.2. The summed E-state index contributed by atoms with van der Waals surface area (Å²) in [6.45, 7) is -0.696. The molecule has 31 heavy (non-hydrogen) atoms. The fourth-order valence-corrected chi connectivity index (χ4v) is 4.58. The van der Waals surface area contributed by atoms with E-state index in [1.165, 1.54) is 50.6 Å². The van der Waals surface area contributed by atoms with E-state index in [1.54, 1.807) is 23.9 Å². The number of aromatic nitrogens is 1. The number of fused-ring (bicyclic) bond motifs is 1. The summed E-state index contributed by atoms with van der Waals surface area (Å²) in [6, 6.07) is 10.1. The number of ether oxygens (including phenoxy) is 2. The fourth-order valence-electron chi connectivity index (χ4n) is 3.22. The minimum Gasteiger partial charge on any atom is -0.497 e. The maximum atomic E-state index is 13.3. The number of benzene rings is 2. The Kier molecular flexibility index (Phi) is 6.27. The highest BCUT2D eigenvalue weighted by Crippen LogP contribution is 2.28. The van der Waals surface area contributed by atoms with E-state index in [2.05, 4.69) is 4.74 Å². The number of nitro benzene ring substituents is 1. The van der Waals surface area contributed by atoms with Crippen molar-refractivity contribution in [3.05, 3.63) is 64.3 Å². The van der Waals surface area contributed by atoms with Gasteiger partial charge < -0.3 is 14.0 Å². The molecule has 0 aliphatic heterocycles.